The van der Waals surface area contributed by atoms with E-state index in [-0.39, 0.29) is 19.2 Å². The van der Waals surface area contributed by atoms with E-state index in [0.717, 1.165) is 0 Å². The zero-order valence-corrected chi connectivity index (χ0v) is 10.2. The Morgan fingerprint density at radius 2 is 1.88 bits per heavy atom. The van der Waals surface area contributed by atoms with E-state index in [1.165, 1.54) is 17.8 Å². The van der Waals surface area contributed by atoms with Crippen LogP contribution in [0.1, 0.15) is 6.92 Å². The summed E-state index contributed by atoms with van der Waals surface area (Å²) in [7, 11) is 0.106. The van der Waals surface area contributed by atoms with Gasteiger partial charge in [0.15, 0.2) is 0 Å². The third-order valence-electron chi connectivity index (χ3n) is 3.50. The lowest BCUT2D eigenvalue weighted by atomic mass is 9.82. The van der Waals surface area contributed by atoms with Crippen molar-refractivity contribution in [2.75, 3.05) is 0 Å². The van der Waals surface area contributed by atoms with Crippen LogP contribution in [0, 0.1) is 62.7 Å². The summed E-state index contributed by atoms with van der Waals surface area (Å²) in [5.41, 5.74) is 0. The lowest BCUT2D eigenvalue weighted by Crippen LogP contribution is -2.41. The second-order valence-electron chi connectivity index (χ2n) is 4.73. The predicted molar refractivity (Wildman–Crippen MR) is 68.9 cm³/mol. The first-order valence-corrected chi connectivity index (χ1v) is 6.11. The molecule has 0 aromatic heterocycles. The lowest BCUT2D eigenvalue weighted by Gasteiger charge is -2.30. The molecule has 2 aliphatic carbocycles. The number of nitrogens with one attached hydrogen (secondary N) is 1. The Bertz CT molecular complexity index is 267. The van der Waals surface area contributed by atoms with Crippen LogP contribution in [0.5, 0.6) is 0 Å². The molecule has 0 aromatic carbocycles. The number of hydrogen-bond acceptors (Lipinski definition) is 2. The van der Waals surface area contributed by atoms with Crippen LogP contribution in [0.2, 0.25) is 6.82 Å². The quantitative estimate of drug-likeness (QED) is 0.721. The summed E-state index contributed by atoms with van der Waals surface area (Å²) >= 11 is 0. The van der Waals surface area contributed by atoms with Gasteiger partial charge in [0.2, 0.25) is 0 Å². The molecular weight excluding hydrogens is 209 g/mol. The lowest BCUT2D eigenvalue weighted by molar-refractivity contribution is 0.236. The van der Waals surface area contributed by atoms with E-state index in [4.69, 9.17) is 4.65 Å². The van der Waals surface area contributed by atoms with Crippen LogP contribution >= 0.6 is 0 Å². The van der Waals surface area contributed by atoms with Crippen LogP contribution in [0.25, 0.3) is 0 Å². The van der Waals surface area contributed by atoms with Crippen molar-refractivity contribution in [2.45, 2.75) is 25.9 Å². The van der Waals surface area contributed by atoms with Crippen molar-refractivity contribution in [1.82, 2.24) is 5.23 Å². The van der Waals surface area contributed by atoms with Crippen molar-refractivity contribution in [3.05, 3.63) is 62.7 Å². The molecule has 0 bridgehead atoms. The minimum Gasteiger partial charge on any atom is -0.417 e. The van der Waals surface area contributed by atoms with Gasteiger partial charge in [-0.2, -0.15) is 0 Å². The smallest absolute Gasteiger partial charge is 0.376 e. The van der Waals surface area contributed by atoms with E-state index in [1.807, 2.05) is 0 Å². The third kappa shape index (κ3) is 2.29. The highest BCUT2D eigenvalue weighted by Gasteiger charge is 2.47. The molecule has 0 aromatic rings. The fraction of sp³-hybridized carbons (Fsp3) is 0.286. The monoisotopic (exact) mass is 225 g/mol. The molecule has 3 rings (SSSR count). The van der Waals surface area contributed by atoms with Gasteiger partial charge in [-0.15, -0.1) is 0 Å². The van der Waals surface area contributed by atoms with Gasteiger partial charge in [-0.3, -0.25) is 0 Å². The van der Waals surface area contributed by atoms with Gasteiger partial charge in [-0.25, -0.2) is 0 Å². The van der Waals surface area contributed by atoms with Crippen LogP contribution in [0.3, 0.4) is 0 Å². The largest absolute Gasteiger partial charge is 0.417 e. The number of rotatable bonds is 2. The van der Waals surface area contributed by atoms with E-state index in [0.29, 0.717) is 0 Å². The van der Waals surface area contributed by atoms with Gasteiger partial charge < -0.3 is 9.88 Å². The molecule has 3 heteroatoms. The molecule has 1 saturated heterocycles. The summed E-state index contributed by atoms with van der Waals surface area (Å²) in [6.45, 7) is 4.21. The maximum Gasteiger partial charge on any atom is 0.376 e. The Morgan fingerprint density at radius 1 is 1.12 bits per heavy atom. The van der Waals surface area contributed by atoms with E-state index < -0.39 is 0 Å². The summed E-state index contributed by atoms with van der Waals surface area (Å²) in [6.07, 6.45) is 15.0. The maximum absolute atomic E-state index is 6.01. The molecule has 0 unspecified atom stereocenters. The zero-order chi connectivity index (χ0) is 11.8. The Kier molecular flexibility index (Phi) is 3.49. The molecule has 0 amide bonds. The maximum atomic E-state index is 6.01. The van der Waals surface area contributed by atoms with Crippen LogP contribution in [0.4, 0.5) is 0 Å². The van der Waals surface area contributed by atoms with Crippen molar-refractivity contribution in [1.29, 1.82) is 0 Å². The average Bonchev–Trinajstić information content (AvgIpc) is 2.97. The second kappa shape index (κ2) is 4.93. The van der Waals surface area contributed by atoms with Gasteiger partial charge in [0, 0.05) is 17.9 Å². The summed E-state index contributed by atoms with van der Waals surface area (Å²) in [6, 6.07) is 0.265. The normalized spacial score (nSPS) is 37.4. The van der Waals surface area contributed by atoms with Crippen molar-refractivity contribution in [3.8, 4) is 0 Å². The SMILES string of the molecule is CB1N[C@H]([C]2[CH][CH][CH][CH]2)[C@H]([C]2[CH][CH][CH][C]2C)O1. The highest BCUT2D eigenvalue weighted by atomic mass is 16.5. The molecular formula is C14H16BNO. The molecule has 1 heterocycles. The van der Waals surface area contributed by atoms with Gasteiger partial charge in [0.05, 0.1) is 6.10 Å². The number of hydrogen-bond donors (Lipinski definition) is 1. The summed E-state index contributed by atoms with van der Waals surface area (Å²) in [5, 5.41) is 3.50. The molecule has 1 aliphatic heterocycles. The van der Waals surface area contributed by atoms with E-state index in [1.54, 1.807) is 0 Å². The Balaban J connectivity index is 1.71. The van der Waals surface area contributed by atoms with Gasteiger partial charge in [-0.1, -0.05) is 6.92 Å². The van der Waals surface area contributed by atoms with Crippen molar-refractivity contribution >= 4 is 7.05 Å². The molecule has 3 fully saturated rings. The van der Waals surface area contributed by atoms with E-state index in [2.05, 4.69) is 63.9 Å². The summed E-state index contributed by atoms with van der Waals surface area (Å²) in [5.74, 6) is 3.91. The first-order valence-electron chi connectivity index (χ1n) is 6.11. The molecule has 2 atom stereocenters. The van der Waals surface area contributed by atoms with Crippen molar-refractivity contribution in [2.24, 2.45) is 0 Å². The molecule has 0 spiro atoms. The van der Waals surface area contributed by atoms with E-state index >= 15 is 0 Å². The Morgan fingerprint density at radius 3 is 2.53 bits per heavy atom. The topological polar surface area (TPSA) is 21.3 Å². The highest BCUT2D eigenvalue weighted by molar-refractivity contribution is 6.48. The van der Waals surface area contributed by atoms with E-state index in [9.17, 15) is 0 Å². The van der Waals surface area contributed by atoms with Crippen LogP contribution < -0.4 is 5.23 Å². The second-order valence-corrected chi connectivity index (χ2v) is 4.73. The molecule has 86 valence electrons. The molecule has 3 aliphatic rings. The van der Waals surface area contributed by atoms with Crippen LogP contribution in [-0.2, 0) is 4.65 Å². The molecule has 1 N–H and O–H groups in total. The van der Waals surface area contributed by atoms with Gasteiger partial charge >= 0.3 is 7.05 Å². The molecule has 2 nitrogen and oxygen atoms in total. The Labute approximate surface area is 106 Å². The van der Waals surface area contributed by atoms with Gasteiger partial charge in [0.25, 0.3) is 0 Å². The molecule has 2 saturated carbocycles. The van der Waals surface area contributed by atoms with Crippen molar-refractivity contribution < 1.29 is 4.65 Å². The third-order valence-corrected chi connectivity index (χ3v) is 3.50. The fourth-order valence-electron chi connectivity index (χ4n) is 2.64. The summed E-state index contributed by atoms with van der Waals surface area (Å²) in [4.78, 5) is 0. The first kappa shape index (κ1) is 12.0. The minimum absolute atomic E-state index is 0.106. The first-order chi connectivity index (χ1) is 8.25. The minimum atomic E-state index is 0.106. The van der Waals surface area contributed by atoms with Gasteiger partial charge in [0.1, 0.15) is 0 Å². The predicted octanol–water partition coefficient (Wildman–Crippen LogP) is 1.66. The molecule has 10 radical (unpaired) electrons. The summed E-state index contributed by atoms with van der Waals surface area (Å²) < 4.78 is 6.01. The standard InChI is InChI=1S/C14H16BNO/c1-10-6-5-9-12(10)14-13(16-15(2)17-14)11-7-3-4-8-11/h3-9,13-14,16H,1-2H3/t13-,14+/m1/s1. The van der Waals surface area contributed by atoms with Gasteiger partial charge in [-0.05, 0) is 57.7 Å². The average molecular weight is 225 g/mol. The molecule has 17 heavy (non-hydrogen) atoms. The van der Waals surface area contributed by atoms with Crippen LogP contribution in [-0.4, -0.2) is 19.2 Å². The van der Waals surface area contributed by atoms with Crippen molar-refractivity contribution in [3.63, 3.8) is 0 Å². The zero-order valence-electron chi connectivity index (χ0n) is 10.2. The fourth-order valence-corrected chi connectivity index (χ4v) is 2.64. The van der Waals surface area contributed by atoms with Crippen LogP contribution in [0.15, 0.2) is 0 Å². The highest BCUT2D eigenvalue weighted by Crippen LogP contribution is 2.42. The Hall–Kier alpha value is -0.0151.